The van der Waals surface area contributed by atoms with Gasteiger partial charge in [-0.1, -0.05) is 52.5 Å². The third-order valence-electron chi connectivity index (χ3n) is 2.82. The van der Waals surface area contributed by atoms with Crippen molar-refractivity contribution in [1.29, 1.82) is 0 Å². The Hall–Kier alpha value is -1.58. The molecule has 0 aliphatic heterocycles. The monoisotopic (exact) mass is 441 g/mol. The zero-order valence-electron chi connectivity index (χ0n) is 11.9. The Labute approximate surface area is 162 Å². The number of halogens is 4. The van der Waals surface area contributed by atoms with E-state index in [2.05, 4.69) is 5.10 Å². The first-order valence-electron chi connectivity index (χ1n) is 6.25. The maximum atomic E-state index is 12.2. The van der Waals surface area contributed by atoms with E-state index in [-0.39, 0.29) is 36.2 Å². The SMILES string of the molecule is O=[N+]([O-])c1cc(/C=N/NS(=O)(=O)c2cc(Cl)c(Cl)cc2Cl)ccc1Cl. The molecular weight excluding hydrogens is 436 g/mol. The minimum Gasteiger partial charge on any atom is -0.258 e. The fourth-order valence-electron chi connectivity index (χ4n) is 1.68. The minimum atomic E-state index is -4.12. The Morgan fingerprint density at radius 2 is 1.64 bits per heavy atom. The highest BCUT2D eigenvalue weighted by molar-refractivity contribution is 7.89. The number of hydrogen-bond donors (Lipinski definition) is 1. The summed E-state index contributed by atoms with van der Waals surface area (Å²) in [4.78, 5) is 11.8. The maximum Gasteiger partial charge on any atom is 0.288 e. The van der Waals surface area contributed by atoms with Crippen LogP contribution < -0.4 is 4.83 Å². The molecule has 2 aromatic carbocycles. The average Bonchev–Trinajstić information content (AvgIpc) is 2.52. The van der Waals surface area contributed by atoms with Crippen molar-refractivity contribution in [2.45, 2.75) is 4.90 Å². The van der Waals surface area contributed by atoms with Crippen LogP contribution in [0.5, 0.6) is 0 Å². The van der Waals surface area contributed by atoms with Gasteiger partial charge in [0, 0.05) is 11.6 Å². The topological polar surface area (TPSA) is 102 Å². The lowest BCUT2D eigenvalue weighted by Crippen LogP contribution is -2.18. The summed E-state index contributed by atoms with van der Waals surface area (Å²) in [5, 5.41) is 14.3. The molecule has 2 aromatic rings. The Morgan fingerprint density at radius 3 is 2.28 bits per heavy atom. The molecule has 0 aliphatic rings. The van der Waals surface area contributed by atoms with Crippen molar-refractivity contribution in [2.24, 2.45) is 5.10 Å². The highest BCUT2D eigenvalue weighted by Crippen LogP contribution is 2.31. The van der Waals surface area contributed by atoms with Crippen LogP contribution in [0.15, 0.2) is 40.3 Å². The molecule has 25 heavy (non-hydrogen) atoms. The zero-order valence-corrected chi connectivity index (χ0v) is 15.8. The Kier molecular flexibility index (Phi) is 6.12. The van der Waals surface area contributed by atoms with E-state index in [0.29, 0.717) is 0 Å². The molecule has 0 aliphatic carbocycles. The third-order valence-corrected chi connectivity index (χ3v) is 5.55. The molecule has 7 nitrogen and oxygen atoms in total. The summed E-state index contributed by atoms with van der Waals surface area (Å²) >= 11 is 23.1. The second kappa shape index (κ2) is 7.76. The van der Waals surface area contributed by atoms with Gasteiger partial charge in [-0.3, -0.25) is 10.1 Å². The smallest absolute Gasteiger partial charge is 0.258 e. The van der Waals surface area contributed by atoms with E-state index in [1.807, 2.05) is 4.83 Å². The summed E-state index contributed by atoms with van der Waals surface area (Å²) in [6, 6.07) is 6.14. The van der Waals surface area contributed by atoms with Crippen LogP contribution in [0.25, 0.3) is 0 Å². The molecule has 132 valence electrons. The van der Waals surface area contributed by atoms with Gasteiger partial charge in [0.25, 0.3) is 15.7 Å². The Bertz CT molecular complexity index is 979. The summed E-state index contributed by atoms with van der Waals surface area (Å²) in [6.07, 6.45) is 1.08. The van der Waals surface area contributed by atoms with Crippen molar-refractivity contribution in [3.63, 3.8) is 0 Å². The second-order valence-corrected chi connectivity index (χ2v) is 7.78. The van der Waals surface area contributed by atoms with E-state index in [1.54, 1.807) is 0 Å². The predicted molar refractivity (Wildman–Crippen MR) is 97.5 cm³/mol. The van der Waals surface area contributed by atoms with E-state index >= 15 is 0 Å². The van der Waals surface area contributed by atoms with Crippen molar-refractivity contribution in [1.82, 2.24) is 4.83 Å². The number of nitrogens with zero attached hydrogens (tertiary/aromatic N) is 2. The van der Waals surface area contributed by atoms with Gasteiger partial charge in [0.05, 0.1) is 26.2 Å². The van der Waals surface area contributed by atoms with Crippen LogP contribution >= 0.6 is 46.4 Å². The number of nitro benzene ring substituents is 1. The van der Waals surface area contributed by atoms with Crippen molar-refractivity contribution in [3.05, 3.63) is 66.1 Å². The number of benzene rings is 2. The fourth-order valence-corrected chi connectivity index (χ4v) is 3.66. The Morgan fingerprint density at radius 1 is 1.00 bits per heavy atom. The van der Waals surface area contributed by atoms with Crippen LogP contribution in [-0.4, -0.2) is 19.6 Å². The molecule has 0 fully saturated rings. The van der Waals surface area contributed by atoms with E-state index in [1.165, 1.54) is 18.2 Å². The lowest BCUT2D eigenvalue weighted by atomic mass is 10.2. The quantitative estimate of drug-likeness (QED) is 0.318. The first-order chi connectivity index (χ1) is 11.6. The summed E-state index contributed by atoms with van der Waals surface area (Å²) in [6.45, 7) is 0. The fraction of sp³-hybridized carbons (Fsp3) is 0. The predicted octanol–water partition coefficient (Wildman–Crippen LogP) is 4.52. The summed E-state index contributed by atoms with van der Waals surface area (Å²) in [7, 11) is -4.12. The van der Waals surface area contributed by atoms with Gasteiger partial charge in [-0.15, -0.1) is 0 Å². The molecule has 1 N–H and O–H groups in total. The highest BCUT2D eigenvalue weighted by Gasteiger charge is 2.19. The van der Waals surface area contributed by atoms with Gasteiger partial charge in [0.2, 0.25) is 0 Å². The molecule has 0 atom stereocenters. The lowest BCUT2D eigenvalue weighted by Gasteiger charge is -2.07. The van der Waals surface area contributed by atoms with Crippen LogP contribution in [0.3, 0.4) is 0 Å². The van der Waals surface area contributed by atoms with Crippen LogP contribution in [0.1, 0.15) is 5.56 Å². The first-order valence-corrected chi connectivity index (χ1v) is 9.24. The number of rotatable bonds is 5. The molecular formula is C13H7Cl4N3O4S. The average molecular weight is 443 g/mol. The standard InChI is InChI=1S/C13H7Cl4N3O4S/c14-8-2-1-7(3-12(8)20(21)22)6-18-19-25(23,24)13-5-10(16)9(15)4-11(13)17/h1-6,19H/b18-6+. The van der Waals surface area contributed by atoms with Crippen LogP contribution in [-0.2, 0) is 10.0 Å². The van der Waals surface area contributed by atoms with Gasteiger partial charge >= 0.3 is 0 Å². The molecule has 0 saturated heterocycles. The van der Waals surface area contributed by atoms with Gasteiger partial charge < -0.3 is 0 Å². The van der Waals surface area contributed by atoms with Crippen LogP contribution in [0.2, 0.25) is 20.1 Å². The van der Waals surface area contributed by atoms with Gasteiger partial charge in [-0.25, -0.2) is 4.83 Å². The number of hydrogen-bond acceptors (Lipinski definition) is 5. The summed E-state index contributed by atoms with van der Waals surface area (Å²) in [5.41, 5.74) is -0.0694. The molecule has 0 unspecified atom stereocenters. The van der Waals surface area contributed by atoms with E-state index in [4.69, 9.17) is 46.4 Å². The Balaban J connectivity index is 2.26. The van der Waals surface area contributed by atoms with E-state index in [9.17, 15) is 18.5 Å². The van der Waals surface area contributed by atoms with Crippen LogP contribution in [0.4, 0.5) is 5.69 Å². The highest BCUT2D eigenvalue weighted by atomic mass is 35.5. The largest absolute Gasteiger partial charge is 0.288 e. The molecule has 0 spiro atoms. The molecule has 0 amide bonds. The van der Waals surface area contributed by atoms with Crippen molar-refractivity contribution >= 4 is 68.3 Å². The number of nitrogens with one attached hydrogen (secondary N) is 1. The third kappa shape index (κ3) is 4.74. The van der Waals surface area contributed by atoms with E-state index in [0.717, 1.165) is 18.3 Å². The minimum absolute atomic E-state index is 0.00347. The number of nitro groups is 1. The normalized spacial score (nSPS) is 11.7. The summed E-state index contributed by atoms with van der Waals surface area (Å²) < 4.78 is 24.4. The molecule has 0 aromatic heterocycles. The number of hydrazone groups is 1. The molecule has 0 heterocycles. The molecule has 0 saturated carbocycles. The second-order valence-electron chi connectivity index (χ2n) is 4.52. The number of sulfonamides is 1. The molecule has 0 bridgehead atoms. The van der Waals surface area contributed by atoms with Crippen LogP contribution in [0, 0.1) is 10.1 Å². The van der Waals surface area contributed by atoms with Crippen molar-refractivity contribution < 1.29 is 13.3 Å². The van der Waals surface area contributed by atoms with Gasteiger partial charge in [0.15, 0.2) is 0 Å². The molecule has 2 rings (SSSR count). The van der Waals surface area contributed by atoms with Gasteiger partial charge in [0.1, 0.15) is 9.92 Å². The lowest BCUT2D eigenvalue weighted by molar-refractivity contribution is -0.384. The molecule has 12 heteroatoms. The van der Waals surface area contributed by atoms with E-state index < -0.39 is 14.9 Å². The maximum absolute atomic E-state index is 12.2. The van der Waals surface area contributed by atoms with Crippen molar-refractivity contribution in [2.75, 3.05) is 0 Å². The molecule has 0 radical (unpaired) electrons. The zero-order chi connectivity index (χ0) is 18.8. The summed E-state index contributed by atoms with van der Waals surface area (Å²) in [5.74, 6) is 0. The van der Waals surface area contributed by atoms with Gasteiger partial charge in [-0.05, 0) is 18.2 Å². The van der Waals surface area contributed by atoms with Gasteiger partial charge in [-0.2, -0.15) is 13.5 Å². The first kappa shape index (κ1) is 19.7. The van der Waals surface area contributed by atoms with Crippen molar-refractivity contribution in [3.8, 4) is 0 Å².